The molecule has 1 aromatic rings. The average molecular weight is 315 g/mol. The van der Waals surface area contributed by atoms with Crippen molar-refractivity contribution in [3.05, 3.63) is 21.9 Å². The molecule has 0 N–H and O–H groups in total. The van der Waals surface area contributed by atoms with Gasteiger partial charge in [0.15, 0.2) is 0 Å². The summed E-state index contributed by atoms with van der Waals surface area (Å²) >= 11 is 1.80. The monoisotopic (exact) mass is 315 g/mol. The molecule has 1 fully saturated rings. The van der Waals surface area contributed by atoms with Crippen LogP contribution in [0.25, 0.3) is 0 Å². The van der Waals surface area contributed by atoms with Crippen molar-refractivity contribution < 1.29 is 13.2 Å². The Morgan fingerprint density at radius 2 is 2.15 bits per heavy atom. The Morgan fingerprint density at radius 3 is 2.90 bits per heavy atom. The summed E-state index contributed by atoms with van der Waals surface area (Å²) in [5, 5.41) is 2.11. The molecule has 3 atom stereocenters. The van der Waals surface area contributed by atoms with Gasteiger partial charge in [-0.3, -0.25) is 0 Å². The molecule has 0 radical (unpaired) electrons. The molecule has 0 aromatic carbocycles. The van der Waals surface area contributed by atoms with Gasteiger partial charge >= 0.3 is 0 Å². The van der Waals surface area contributed by atoms with Gasteiger partial charge in [0.1, 0.15) is 0 Å². The fourth-order valence-corrected chi connectivity index (χ4v) is 4.80. The summed E-state index contributed by atoms with van der Waals surface area (Å²) < 4.78 is 30.9. The maximum Gasteiger partial charge on any atom is 0.211 e. The minimum Gasteiger partial charge on any atom is -0.368 e. The zero-order valence-corrected chi connectivity index (χ0v) is 13.5. The maximum atomic E-state index is 11.6. The molecule has 1 aliphatic heterocycles. The first-order chi connectivity index (χ1) is 9.47. The quantitative estimate of drug-likeness (QED) is 0.861. The zero-order valence-electron chi connectivity index (χ0n) is 11.9. The number of rotatable bonds is 3. The number of sulfonamides is 1. The third-order valence-corrected chi connectivity index (χ3v) is 6.79. The molecule has 20 heavy (non-hydrogen) atoms. The lowest BCUT2D eigenvalue weighted by Crippen LogP contribution is -2.38. The van der Waals surface area contributed by atoms with Crippen LogP contribution in [0.1, 0.15) is 48.1 Å². The summed E-state index contributed by atoms with van der Waals surface area (Å²) in [6, 6.07) is 2.10. The van der Waals surface area contributed by atoms with Gasteiger partial charge in [0, 0.05) is 24.4 Å². The van der Waals surface area contributed by atoms with Gasteiger partial charge < -0.3 is 4.74 Å². The van der Waals surface area contributed by atoms with Gasteiger partial charge in [-0.25, -0.2) is 12.7 Å². The third kappa shape index (κ3) is 2.66. The lowest BCUT2D eigenvalue weighted by atomic mass is 9.81. The lowest BCUT2D eigenvalue weighted by Gasteiger charge is -2.40. The Bertz CT molecular complexity index is 581. The van der Waals surface area contributed by atoms with E-state index < -0.39 is 10.0 Å². The summed E-state index contributed by atoms with van der Waals surface area (Å²) in [6.07, 6.45) is 6.19. The highest BCUT2D eigenvalue weighted by Crippen LogP contribution is 2.47. The van der Waals surface area contributed by atoms with E-state index in [0.717, 1.165) is 6.42 Å². The zero-order chi connectivity index (χ0) is 14.3. The van der Waals surface area contributed by atoms with Crippen LogP contribution in [-0.4, -0.2) is 38.7 Å². The van der Waals surface area contributed by atoms with E-state index in [0.29, 0.717) is 12.5 Å². The van der Waals surface area contributed by atoms with E-state index in [2.05, 4.69) is 11.4 Å². The third-order valence-electron chi connectivity index (χ3n) is 4.44. The molecule has 2 heterocycles. The van der Waals surface area contributed by atoms with Gasteiger partial charge in [-0.1, -0.05) is 12.8 Å². The molecule has 0 amide bonds. The van der Waals surface area contributed by atoms with Crippen molar-refractivity contribution in [1.29, 1.82) is 0 Å². The summed E-state index contributed by atoms with van der Waals surface area (Å²) in [7, 11) is -1.54. The Balaban J connectivity index is 1.86. The number of nitrogens with zero attached hydrogens (tertiary/aromatic N) is 1. The van der Waals surface area contributed by atoms with Crippen LogP contribution in [0.15, 0.2) is 11.4 Å². The van der Waals surface area contributed by atoms with Crippen LogP contribution in [0.3, 0.4) is 0 Å². The standard InChI is InChI=1S/C14H21NO3S2/c1-15(20(2,16)17)9-13-11-7-8-19-14(11)10-5-3-4-6-12(10)18-13/h7-8,10,12-13H,3-6,9H2,1-2H3/t10-,12-,13-/m0/s1. The molecule has 0 saturated heterocycles. The van der Waals surface area contributed by atoms with Crippen LogP contribution < -0.4 is 0 Å². The fourth-order valence-electron chi connectivity index (χ4n) is 3.25. The van der Waals surface area contributed by atoms with E-state index in [1.54, 1.807) is 18.4 Å². The van der Waals surface area contributed by atoms with Crippen LogP contribution in [0.5, 0.6) is 0 Å². The molecule has 1 aliphatic carbocycles. The molecule has 0 spiro atoms. The van der Waals surface area contributed by atoms with Gasteiger partial charge in [-0.15, -0.1) is 11.3 Å². The highest BCUT2D eigenvalue weighted by Gasteiger charge is 2.38. The predicted molar refractivity (Wildman–Crippen MR) is 80.6 cm³/mol. The number of hydrogen-bond acceptors (Lipinski definition) is 4. The van der Waals surface area contributed by atoms with Crippen LogP contribution in [-0.2, 0) is 14.8 Å². The lowest BCUT2D eigenvalue weighted by molar-refractivity contribution is -0.0600. The maximum absolute atomic E-state index is 11.6. The second-order valence-electron chi connectivity index (χ2n) is 5.84. The molecule has 0 unspecified atom stereocenters. The van der Waals surface area contributed by atoms with Gasteiger partial charge in [0.05, 0.1) is 18.5 Å². The van der Waals surface area contributed by atoms with E-state index in [-0.39, 0.29) is 12.2 Å². The summed E-state index contributed by atoms with van der Waals surface area (Å²) in [4.78, 5) is 1.42. The van der Waals surface area contributed by atoms with E-state index in [9.17, 15) is 8.42 Å². The Morgan fingerprint density at radius 1 is 1.40 bits per heavy atom. The molecule has 3 rings (SSSR count). The normalized spacial score (nSPS) is 30.1. The molecule has 0 bridgehead atoms. The molecule has 6 heteroatoms. The summed E-state index contributed by atoms with van der Waals surface area (Å²) in [6.45, 7) is 0.409. The molecule has 4 nitrogen and oxygen atoms in total. The second-order valence-corrected chi connectivity index (χ2v) is 8.87. The molecule has 1 aromatic heterocycles. The molecule has 1 saturated carbocycles. The first-order valence-corrected chi connectivity index (χ1v) is 9.83. The molecular formula is C14H21NO3S2. The van der Waals surface area contributed by atoms with Crippen molar-refractivity contribution in [2.75, 3.05) is 19.8 Å². The van der Waals surface area contributed by atoms with Crippen LogP contribution in [0, 0.1) is 0 Å². The highest BCUT2D eigenvalue weighted by molar-refractivity contribution is 7.88. The Hall–Kier alpha value is -0.430. The smallest absolute Gasteiger partial charge is 0.211 e. The summed E-state index contributed by atoms with van der Waals surface area (Å²) in [5.41, 5.74) is 1.20. The van der Waals surface area contributed by atoms with E-state index >= 15 is 0 Å². The highest BCUT2D eigenvalue weighted by atomic mass is 32.2. The number of likely N-dealkylation sites (N-methyl/N-ethyl adjacent to an activating group) is 1. The largest absolute Gasteiger partial charge is 0.368 e. The predicted octanol–water partition coefficient (Wildman–Crippen LogP) is 2.74. The van der Waals surface area contributed by atoms with Gasteiger partial charge in [0.2, 0.25) is 10.0 Å². The average Bonchev–Trinajstić information content (AvgIpc) is 2.87. The first kappa shape index (κ1) is 14.5. The number of hydrogen-bond donors (Lipinski definition) is 0. The van der Waals surface area contributed by atoms with Crippen LogP contribution in [0.2, 0.25) is 0 Å². The fraction of sp³-hybridized carbons (Fsp3) is 0.714. The Labute approximate surface area is 124 Å². The first-order valence-electron chi connectivity index (χ1n) is 7.11. The van der Waals surface area contributed by atoms with Crippen LogP contribution >= 0.6 is 11.3 Å². The van der Waals surface area contributed by atoms with Crippen molar-refractivity contribution >= 4 is 21.4 Å². The molecule has 2 aliphatic rings. The van der Waals surface area contributed by atoms with Crippen molar-refractivity contribution in [3.63, 3.8) is 0 Å². The van der Waals surface area contributed by atoms with E-state index in [4.69, 9.17) is 4.74 Å². The van der Waals surface area contributed by atoms with Crippen LogP contribution in [0.4, 0.5) is 0 Å². The second kappa shape index (κ2) is 5.40. The number of fused-ring (bicyclic) bond motifs is 3. The summed E-state index contributed by atoms with van der Waals surface area (Å²) in [5.74, 6) is 0.526. The van der Waals surface area contributed by atoms with Gasteiger partial charge in [-0.2, -0.15) is 0 Å². The van der Waals surface area contributed by atoms with Crippen molar-refractivity contribution in [2.24, 2.45) is 0 Å². The van der Waals surface area contributed by atoms with Gasteiger partial charge in [-0.05, 0) is 29.9 Å². The number of thiophene rings is 1. The van der Waals surface area contributed by atoms with Gasteiger partial charge in [0.25, 0.3) is 0 Å². The topological polar surface area (TPSA) is 46.6 Å². The number of ether oxygens (including phenoxy) is 1. The Kier molecular flexibility index (Phi) is 3.92. The van der Waals surface area contributed by atoms with Crippen molar-refractivity contribution in [2.45, 2.75) is 43.8 Å². The molecule has 112 valence electrons. The van der Waals surface area contributed by atoms with E-state index in [1.165, 1.54) is 40.3 Å². The van der Waals surface area contributed by atoms with Crippen molar-refractivity contribution in [3.8, 4) is 0 Å². The SMILES string of the molecule is CN(C[C@@H]1O[C@H]2CCCC[C@@H]2c2sccc21)S(C)(=O)=O. The van der Waals surface area contributed by atoms with E-state index in [1.807, 2.05) is 0 Å². The minimum atomic E-state index is -3.16. The minimum absolute atomic E-state index is 0.115. The molecular weight excluding hydrogens is 294 g/mol. The van der Waals surface area contributed by atoms with Crippen molar-refractivity contribution in [1.82, 2.24) is 4.31 Å².